The van der Waals surface area contributed by atoms with Gasteiger partial charge in [-0.15, -0.1) is 0 Å². The summed E-state index contributed by atoms with van der Waals surface area (Å²) in [5.41, 5.74) is 0.0456. The molecule has 1 aliphatic heterocycles. The maximum atomic E-state index is 12.8. The average molecular weight is 467 g/mol. The normalized spacial score (nSPS) is 24.2. The lowest BCUT2D eigenvalue weighted by Crippen LogP contribution is -2.67. The van der Waals surface area contributed by atoms with Crippen molar-refractivity contribution in [2.24, 2.45) is 0 Å². The second kappa shape index (κ2) is 11.3. The van der Waals surface area contributed by atoms with Crippen LogP contribution in [0.25, 0.3) is 0 Å². The van der Waals surface area contributed by atoms with Crippen LogP contribution < -0.4 is 5.32 Å². The zero-order chi connectivity index (χ0) is 24.7. The molecule has 0 radical (unpaired) electrons. The minimum absolute atomic E-state index is 0.0456. The molecule has 33 heavy (non-hydrogen) atoms. The predicted octanol–water partition coefficient (Wildman–Crippen LogP) is 0.205. The summed E-state index contributed by atoms with van der Waals surface area (Å²) in [6.07, 6.45) is -5.40. The number of carbonyl (C=O) groups excluding carboxylic acids is 5. The summed E-state index contributed by atoms with van der Waals surface area (Å²) in [5.74, 6) is -3.90. The van der Waals surface area contributed by atoms with Gasteiger partial charge in [0.1, 0.15) is 24.5 Å². The van der Waals surface area contributed by atoms with Crippen LogP contribution >= 0.6 is 0 Å². The van der Waals surface area contributed by atoms with Gasteiger partial charge in [0.15, 0.2) is 12.2 Å². The zero-order valence-electron chi connectivity index (χ0n) is 18.4. The van der Waals surface area contributed by atoms with Gasteiger partial charge in [0.2, 0.25) is 6.29 Å². The number of ether oxygens (including phenoxy) is 5. The maximum Gasteiger partial charge on any atom is 0.305 e. The second-order valence-electron chi connectivity index (χ2n) is 7.15. The van der Waals surface area contributed by atoms with Crippen molar-refractivity contribution in [2.45, 2.75) is 58.3 Å². The molecule has 1 fully saturated rings. The van der Waals surface area contributed by atoms with Gasteiger partial charge in [-0.05, 0) is 18.2 Å². The van der Waals surface area contributed by atoms with Gasteiger partial charge >= 0.3 is 23.9 Å². The molecule has 0 bridgehead atoms. The van der Waals surface area contributed by atoms with Crippen molar-refractivity contribution in [3.8, 4) is 5.75 Å². The van der Waals surface area contributed by atoms with E-state index < -0.39 is 67.0 Å². The van der Waals surface area contributed by atoms with E-state index in [1.165, 1.54) is 24.3 Å². The van der Waals surface area contributed by atoms with Crippen LogP contribution in [0, 0.1) is 0 Å². The van der Waals surface area contributed by atoms with Crippen molar-refractivity contribution in [3.63, 3.8) is 0 Å². The zero-order valence-corrected chi connectivity index (χ0v) is 18.4. The van der Waals surface area contributed by atoms with E-state index in [2.05, 4.69) is 5.32 Å². The molecule has 2 unspecified atom stereocenters. The first-order chi connectivity index (χ1) is 15.5. The maximum absolute atomic E-state index is 12.8. The number of amides is 1. The number of esters is 4. The quantitative estimate of drug-likeness (QED) is 0.416. The van der Waals surface area contributed by atoms with Gasteiger partial charge in [0.05, 0.1) is 0 Å². The fraction of sp³-hybridized carbons (Fsp3) is 0.476. The first-order valence-electron chi connectivity index (χ1n) is 9.88. The summed E-state index contributed by atoms with van der Waals surface area (Å²) in [4.78, 5) is 59.4. The summed E-state index contributed by atoms with van der Waals surface area (Å²) >= 11 is 0. The van der Waals surface area contributed by atoms with E-state index in [4.69, 9.17) is 23.7 Å². The third kappa shape index (κ3) is 7.45. The fourth-order valence-electron chi connectivity index (χ4n) is 3.20. The lowest BCUT2D eigenvalue weighted by molar-refractivity contribution is -0.270. The molecule has 1 aromatic rings. The van der Waals surface area contributed by atoms with E-state index in [1.54, 1.807) is 0 Å². The number of phenols is 1. The van der Waals surface area contributed by atoms with Crippen LogP contribution in [-0.2, 0) is 42.9 Å². The molecule has 12 heteroatoms. The van der Waals surface area contributed by atoms with Crippen LogP contribution in [0.15, 0.2) is 24.3 Å². The van der Waals surface area contributed by atoms with Crippen LogP contribution in [0.5, 0.6) is 5.75 Å². The van der Waals surface area contributed by atoms with Gasteiger partial charge in [-0.1, -0.05) is 6.07 Å². The van der Waals surface area contributed by atoms with Crippen molar-refractivity contribution in [1.82, 2.24) is 5.32 Å². The largest absolute Gasteiger partial charge is 0.508 e. The standard InChI is InChI=1S/C21H25NO11/c1-10(23)29-9-16-18(30-11(2)24)19(31-12(3)25)17(21(33-16)32-13(4)26)22-20(28)14-6-5-7-15(27)8-14/h5-8,16-19,21,27H,9H2,1-4H3,(H,22,28)/t16?,17-,18-,19+,21?/m0/s1. The van der Waals surface area contributed by atoms with E-state index in [-0.39, 0.29) is 11.3 Å². The summed E-state index contributed by atoms with van der Waals surface area (Å²) in [6.45, 7) is 4.02. The number of nitrogens with one attached hydrogen (secondary N) is 1. The topological polar surface area (TPSA) is 164 Å². The Morgan fingerprint density at radius 1 is 0.909 bits per heavy atom. The van der Waals surface area contributed by atoms with E-state index in [9.17, 15) is 29.1 Å². The van der Waals surface area contributed by atoms with E-state index in [1.807, 2.05) is 0 Å². The molecule has 1 amide bonds. The van der Waals surface area contributed by atoms with Crippen LogP contribution in [0.2, 0.25) is 0 Å². The Balaban J connectivity index is 2.45. The Bertz CT molecular complexity index is 915. The molecule has 180 valence electrons. The second-order valence-corrected chi connectivity index (χ2v) is 7.15. The number of rotatable bonds is 7. The molecule has 0 aromatic heterocycles. The van der Waals surface area contributed by atoms with Crippen LogP contribution in [-0.4, -0.2) is 72.1 Å². The van der Waals surface area contributed by atoms with Crippen molar-refractivity contribution in [2.75, 3.05) is 6.61 Å². The van der Waals surface area contributed by atoms with Crippen molar-refractivity contribution >= 4 is 29.8 Å². The lowest BCUT2D eigenvalue weighted by Gasteiger charge is -2.44. The third-order valence-electron chi connectivity index (χ3n) is 4.39. The summed E-state index contributed by atoms with van der Waals surface area (Å²) in [6, 6.07) is 4.07. The molecule has 2 N–H and O–H groups in total. The molecular formula is C21H25NO11. The molecule has 0 spiro atoms. The summed E-state index contributed by atoms with van der Waals surface area (Å²) < 4.78 is 26.4. The number of hydrogen-bond donors (Lipinski definition) is 2. The minimum atomic E-state index is -1.50. The fourth-order valence-corrected chi connectivity index (χ4v) is 3.20. The molecule has 12 nitrogen and oxygen atoms in total. The van der Waals surface area contributed by atoms with Gasteiger partial charge in [-0.3, -0.25) is 24.0 Å². The molecule has 1 aliphatic rings. The SMILES string of the molecule is CC(=O)OCC1OC(OC(C)=O)[C@@H](NC(=O)c2cccc(O)c2)[C@@H](OC(C)=O)[C@H]1OC(C)=O. The molecule has 1 aromatic carbocycles. The van der Waals surface area contributed by atoms with E-state index in [0.717, 1.165) is 27.7 Å². The number of aromatic hydroxyl groups is 1. The monoisotopic (exact) mass is 467 g/mol. The van der Waals surface area contributed by atoms with E-state index in [0.29, 0.717) is 0 Å². The number of carbonyl (C=O) groups is 5. The van der Waals surface area contributed by atoms with Crippen molar-refractivity contribution in [3.05, 3.63) is 29.8 Å². The van der Waals surface area contributed by atoms with E-state index >= 15 is 0 Å². The van der Waals surface area contributed by atoms with Gasteiger partial charge in [0.25, 0.3) is 5.91 Å². The Labute approximate surface area is 189 Å². The Hall–Kier alpha value is -3.67. The van der Waals surface area contributed by atoms with Gasteiger partial charge < -0.3 is 34.1 Å². The first kappa shape index (κ1) is 25.6. The smallest absolute Gasteiger partial charge is 0.305 e. The number of hydrogen-bond acceptors (Lipinski definition) is 11. The molecule has 0 aliphatic carbocycles. The first-order valence-corrected chi connectivity index (χ1v) is 9.88. The number of phenolic OH excluding ortho intramolecular Hbond substituents is 1. The highest BCUT2D eigenvalue weighted by Crippen LogP contribution is 2.28. The Kier molecular flexibility index (Phi) is 8.74. The van der Waals surface area contributed by atoms with Crippen LogP contribution in [0.3, 0.4) is 0 Å². The Morgan fingerprint density at radius 2 is 1.52 bits per heavy atom. The van der Waals surface area contributed by atoms with Gasteiger partial charge in [0, 0.05) is 33.3 Å². The highest BCUT2D eigenvalue weighted by atomic mass is 16.7. The summed E-state index contributed by atoms with van der Waals surface area (Å²) in [5, 5.41) is 12.2. The van der Waals surface area contributed by atoms with Crippen LogP contribution in [0.1, 0.15) is 38.1 Å². The summed E-state index contributed by atoms with van der Waals surface area (Å²) in [7, 11) is 0. The third-order valence-corrected chi connectivity index (χ3v) is 4.39. The number of benzene rings is 1. The highest BCUT2D eigenvalue weighted by Gasteiger charge is 2.52. The molecule has 0 saturated carbocycles. The molecule has 2 rings (SSSR count). The molecule has 5 atom stereocenters. The molecular weight excluding hydrogens is 442 g/mol. The van der Waals surface area contributed by atoms with Crippen molar-refractivity contribution in [1.29, 1.82) is 0 Å². The molecule has 1 heterocycles. The van der Waals surface area contributed by atoms with Gasteiger partial charge in [-0.25, -0.2) is 0 Å². The van der Waals surface area contributed by atoms with Crippen LogP contribution in [0.4, 0.5) is 0 Å². The predicted molar refractivity (Wildman–Crippen MR) is 108 cm³/mol. The highest BCUT2D eigenvalue weighted by molar-refractivity contribution is 5.94. The minimum Gasteiger partial charge on any atom is -0.508 e. The lowest BCUT2D eigenvalue weighted by atomic mass is 9.95. The molecule has 1 saturated heterocycles. The van der Waals surface area contributed by atoms with Crippen molar-refractivity contribution < 1.29 is 52.8 Å². The average Bonchev–Trinajstić information content (AvgIpc) is 2.69. The van der Waals surface area contributed by atoms with Gasteiger partial charge in [-0.2, -0.15) is 0 Å². The Morgan fingerprint density at radius 3 is 2.06 bits per heavy atom.